The van der Waals surface area contributed by atoms with Gasteiger partial charge in [-0.2, -0.15) is 0 Å². The molecule has 3 nitrogen and oxygen atoms in total. The van der Waals surface area contributed by atoms with Crippen molar-refractivity contribution in [3.05, 3.63) is 35.9 Å². The number of hydrogen-bond donors (Lipinski definition) is 0. The largest absolute Gasteiger partial charge is 0.465 e. The number of rotatable bonds is 3. The molecule has 92 valence electrons. The monoisotopic (exact) mass is 234 g/mol. The maximum Gasteiger partial charge on any atom is 0.316 e. The number of hydrogen-bond acceptors (Lipinski definition) is 3. The minimum atomic E-state index is -0.504. The molecular weight excluding hydrogens is 216 g/mol. The van der Waals surface area contributed by atoms with Gasteiger partial charge >= 0.3 is 5.97 Å². The lowest BCUT2D eigenvalue weighted by Crippen LogP contribution is -2.42. The molecule has 1 aromatic rings. The van der Waals surface area contributed by atoms with Crippen molar-refractivity contribution < 1.29 is 14.3 Å². The Hall–Kier alpha value is -1.35. The van der Waals surface area contributed by atoms with Gasteiger partial charge < -0.3 is 9.47 Å². The van der Waals surface area contributed by atoms with Gasteiger partial charge in [-0.3, -0.25) is 4.79 Å². The Morgan fingerprint density at radius 2 is 1.94 bits per heavy atom. The first kappa shape index (κ1) is 12.1. The fourth-order valence-electron chi connectivity index (χ4n) is 2.36. The second kappa shape index (κ2) is 5.32. The second-order valence-electron chi connectivity index (χ2n) is 4.28. The van der Waals surface area contributed by atoms with Crippen LogP contribution in [0.5, 0.6) is 0 Å². The topological polar surface area (TPSA) is 35.5 Å². The molecule has 1 fully saturated rings. The van der Waals surface area contributed by atoms with Crippen LogP contribution in [-0.2, 0) is 19.7 Å². The lowest BCUT2D eigenvalue weighted by Gasteiger charge is -2.35. The van der Waals surface area contributed by atoms with E-state index in [9.17, 15) is 4.79 Å². The first-order valence-corrected chi connectivity index (χ1v) is 6.10. The lowest BCUT2D eigenvalue weighted by atomic mass is 9.74. The molecule has 0 radical (unpaired) electrons. The predicted molar refractivity (Wildman–Crippen MR) is 64.8 cm³/mol. The van der Waals surface area contributed by atoms with Crippen molar-refractivity contribution in [2.45, 2.75) is 25.2 Å². The van der Waals surface area contributed by atoms with Crippen molar-refractivity contribution in [2.24, 2.45) is 0 Å². The van der Waals surface area contributed by atoms with E-state index >= 15 is 0 Å². The van der Waals surface area contributed by atoms with Crippen LogP contribution < -0.4 is 0 Å². The smallest absolute Gasteiger partial charge is 0.316 e. The molecule has 0 unspecified atom stereocenters. The van der Waals surface area contributed by atoms with Gasteiger partial charge in [0.2, 0.25) is 0 Å². The van der Waals surface area contributed by atoms with Gasteiger partial charge in [0.1, 0.15) is 0 Å². The highest BCUT2D eigenvalue weighted by molar-refractivity contribution is 5.83. The van der Waals surface area contributed by atoms with Crippen molar-refractivity contribution >= 4 is 5.97 Å². The molecule has 1 aromatic carbocycles. The Bertz CT molecular complexity index is 366. The zero-order valence-electron chi connectivity index (χ0n) is 10.1. The lowest BCUT2D eigenvalue weighted by molar-refractivity contribution is -0.154. The first-order valence-electron chi connectivity index (χ1n) is 6.10. The van der Waals surface area contributed by atoms with E-state index in [1.807, 2.05) is 37.3 Å². The van der Waals surface area contributed by atoms with E-state index in [0.29, 0.717) is 32.7 Å². The van der Waals surface area contributed by atoms with E-state index in [0.717, 1.165) is 5.56 Å². The normalized spacial score (nSPS) is 18.6. The highest BCUT2D eigenvalue weighted by Gasteiger charge is 2.42. The summed E-state index contributed by atoms with van der Waals surface area (Å²) in [6, 6.07) is 9.89. The molecule has 3 heteroatoms. The van der Waals surface area contributed by atoms with E-state index in [1.54, 1.807) is 0 Å². The first-order chi connectivity index (χ1) is 8.29. The molecule has 1 aliphatic rings. The fraction of sp³-hybridized carbons (Fsp3) is 0.500. The number of carbonyl (C=O) groups excluding carboxylic acids is 1. The van der Waals surface area contributed by atoms with Gasteiger partial charge in [-0.15, -0.1) is 0 Å². The molecule has 1 aliphatic heterocycles. The van der Waals surface area contributed by atoms with Crippen LogP contribution in [0.2, 0.25) is 0 Å². The van der Waals surface area contributed by atoms with E-state index in [4.69, 9.17) is 9.47 Å². The molecule has 0 bridgehead atoms. The van der Waals surface area contributed by atoms with E-state index in [-0.39, 0.29) is 5.97 Å². The summed E-state index contributed by atoms with van der Waals surface area (Å²) in [5.41, 5.74) is 0.539. The van der Waals surface area contributed by atoms with Crippen molar-refractivity contribution in [3.63, 3.8) is 0 Å². The van der Waals surface area contributed by atoms with Crippen LogP contribution in [0.15, 0.2) is 30.3 Å². The summed E-state index contributed by atoms with van der Waals surface area (Å²) in [6.45, 7) is 3.51. The van der Waals surface area contributed by atoms with Gasteiger partial charge in [-0.05, 0) is 25.3 Å². The average molecular weight is 234 g/mol. The Morgan fingerprint density at radius 1 is 1.29 bits per heavy atom. The number of ether oxygens (including phenoxy) is 2. The molecular formula is C14H18O3. The van der Waals surface area contributed by atoms with Gasteiger partial charge in [0.15, 0.2) is 0 Å². The highest BCUT2D eigenvalue weighted by atomic mass is 16.5. The second-order valence-corrected chi connectivity index (χ2v) is 4.28. The Morgan fingerprint density at radius 3 is 2.53 bits per heavy atom. The standard InChI is InChI=1S/C14H18O3/c1-2-17-13(15)14(8-10-16-11-9-14)12-6-4-3-5-7-12/h3-7H,2,8-11H2,1H3. The molecule has 0 N–H and O–H groups in total. The summed E-state index contributed by atoms with van der Waals surface area (Å²) in [5, 5.41) is 0. The van der Waals surface area contributed by atoms with Crippen LogP contribution in [0.1, 0.15) is 25.3 Å². The summed E-state index contributed by atoms with van der Waals surface area (Å²) >= 11 is 0. The fourth-order valence-corrected chi connectivity index (χ4v) is 2.36. The van der Waals surface area contributed by atoms with Crippen LogP contribution in [0.25, 0.3) is 0 Å². The third kappa shape index (κ3) is 2.34. The van der Waals surface area contributed by atoms with Gasteiger partial charge in [0.05, 0.1) is 12.0 Å². The number of esters is 1. The van der Waals surface area contributed by atoms with Crippen molar-refractivity contribution in [1.82, 2.24) is 0 Å². The molecule has 2 rings (SSSR count). The maximum atomic E-state index is 12.2. The number of carbonyl (C=O) groups is 1. The molecule has 1 heterocycles. The zero-order valence-corrected chi connectivity index (χ0v) is 10.1. The van der Waals surface area contributed by atoms with E-state index < -0.39 is 5.41 Å². The third-order valence-electron chi connectivity index (χ3n) is 3.34. The van der Waals surface area contributed by atoms with E-state index in [2.05, 4.69) is 0 Å². The Labute approximate surface area is 102 Å². The molecule has 0 atom stereocenters. The Kier molecular flexibility index (Phi) is 3.79. The van der Waals surface area contributed by atoms with Crippen LogP contribution in [0.4, 0.5) is 0 Å². The summed E-state index contributed by atoms with van der Waals surface area (Å²) < 4.78 is 10.6. The summed E-state index contributed by atoms with van der Waals surface area (Å²) in [7, 11) is 0. The van der Waals surface area contributed by atoms with Crippen molar-refractivity contribution in [2.75, 3.05) is 19.8 Å². The average Bonchev–Trinajstić information content (AvgIpc) is 2.41. The molecule has 0 aliphatic carbocycles. The van der Waals surface area contributed by atoms with Crippen molar-refractivity contribution in [3.8, 4) is 0 Å². The molecule has 0 saturated carbocycles. The Balaban J connectivity index is 2.33. The highest BCUT2D eigenvalue weighted by Crippen LogP contribution is 2.36. The molecule has 1 saturated heterocycles. The molecule has 0 amide bonds. The third-order valence-corrected chi connectivity index (χ3v) is 3.34. The SMILES string of the molecule is CCOC(=O)C1(c2ccccc2)CCOCC1. The van der Waals surface area contributed by atoms with Crippen LogP contribution in [0.3, 0.4) is 0 Å². The maximum absolute atomic E-state index is 12.2. The molecule has 0 spiro atoms. The quantitative estimate of drug-likeness (QED) is 0.753. The van der Waals surface area contributed by atoms with Crippen molar-refractivity contribution in [1.29, 1.82) is 0 Å². The minimum absolute atomic E-state index is 0.116. The summed E-state index contributed by atoms with van der Waals surface area (Å²) in [4.78, 5) is 12.2. The van der Waals surface area contributed by atoms with Gasteiger partial charge in [0, 0.05) is 13.2 Å². The minimum Gasteiger partial charge on any atom is -0.465 e. The number of benzene rings is 1. The van der Waals surface area contributed by atoms with Gasteiger partial charge in [0.25, 0.3) is 0 Å². The van der Waals surface area contributed by atoms with Crippen LogP contribution in [-0.4, -0.2) is 25.8 Å². The molecule has 17 heavy (non-hydrogen) atoms. The summed E-state index contributed by atoms with van der Waals surface area (Å²) in [5.74, 6) is -0.116. The predicted octanol–water partition coefficient (Wildman–Crippen LogP) is 2.30. The van der Waals surface area contributed by atoms with Crippen LogP contribution >= 0.6 is 0 Å². The zero-order chi connectivity index (χ0) is 12.1. The van der Waals surface area contributed by atoms with Gasteiger partial charge in [-0.1, -0.05) is 30.3 Å². The van der Waals surface area contributed by atoms with Crippen LogP contribution in [0, 0.1) is 0 Å². The molecule has 0 aromatic heterocycles. The van der Waals surface area contributed by atoms with Gasteiger partial charge in [-0.25, -0.2) is 0 Å². The van der Waals surface area contributed by atoms with E-state index in [1.165, 1.54) is 0 Å². The summed E-state index contributed by atoms with van der Waals surface area (Å²) in [6.07, 6.45) is 1.41.